The molecule has 7 rings (SSSR count). The summed E-state index contributed by atoms with van der Waals surface area (Å²) < 4.78 is 20.5. The number of anilines is 2. The van der Waals surface area contributed by atoms with Crippen molar-refractivity contribution in [1.29, 1.82) is 0 Å². The van der Waals surface area contributed by atoms with Crippen LogP contribution in [0.15, 0.2) is 24.5 Å². The van der Waals surface area contributed by atoms with Crippen LogP contribution >= 0.6 is 0 Å². The lowest BCUT2D eigenvalue weighted by molar-refractivity contribution is 0.435. The van der Waals surface area contributed by atoms with E-state index in [0.717, 1.165) is 65.1 Å². The molecule has 2 atom stereocenters. The smallest absolute Gasteiger partial charge is 0.324 e. The molecule has 1 saturated heterocycles. The standard InChI is InChI=1S/C25H26FN7O/c1-28-19-6-13(26)5-16-15(19)7-20-22(16)24(33-10-17-18(11-33)23(17)27)32-25(31-20)34-14-8-29-21(30-9-14)4-12-2-3-12/h5-6,8-9,12,17-18,23,28H,2-4,7,10-11,27H2,1H3. The van der Waals surface area contributed by atoms with Crippen LogP contribution in [0.5, 0.6) is 11.8 Å². The highest BCUT2D eigenvalue weighted by atomic mass is 19.1. The van der Waals surface area contributed by atoms with Gasteiger partial charge in [0, 0.05) is 50.3 Å². The van der Waals surface area contributed by atoms with Gasteiger partial charge in [0.15, 0.2) is 5.75 Å². The number of nitrogens with one attached hydrogen (secondary N) is 1. The lowest BCUT2D eigenvalue weighted by atomic mass is 10.0. The number of hydrogen-bond donors (Lipinski definition) is 2. The largest absolute Gasteiger partial charge is 0.421 e. The first-order valence-electron chi connectivity index (χ1n) is 12.0. The number of benzene rings is 1. The number of hydrogen-bond acceptors (Lipinski definition) is 8. The fourth-order valence-electron chi connectivity index (χ4n) is 5.52. The van der Waals surface area contributed by atoms with Gasteiger partial charge in [0.2, 0.25) is 0 Å². The Bertz CT molecular complexity index is 1280. The molecule has 3 fully saturated rings. The highest BCUT2D eigenvalue weighted by Gasteiger charge is 2.54. The average molecular weight is 460 g/mol. The minimum absolute atomic E-state index is 0.261. The Morgan fingerprint density at radius 3 is 2.62 bits per heavy atom. The van der Waals surface area contributed by atoms with Crippen LogP contribution in [0.3, 0.4) is 0 Å². The number of ether oxygens (including phenoxy) is 1. The van der Waals surface area contributed by atoms with Crippen LogP contribution in [0.1, 0.15) is 29.9 Å². The summed E-state index contributed by atoms with van der Waals surface area (Å²) in [6.07, 6.45) is 7.41. The van der Waals surface area contributed by atoms with Crippen LogP contribution in [-0.2, 0) is 12.8 Å². The Hall–Kier alpha value is -3.33. The van der Waals surface area contributed by atoms with E-state index in [1.54, 1.807) is 25.5 Å². The van der Waals surface area contributed by atoms with E-state index < -0.39 is 0 Å². The van der Waals surface area contributed by atoms with Gasteiger partial charge in [-0.15, -0.1) is 0 Å². The van der Waals surface area contributed by atoms with Crippen molar-refractivity contribution in [3.8, 4) is 22.9 Å². The lowest BCUT2D eigenvalue weighted by Crippen LogP contribution is -2.29. The molecule has 174 valence electrons. The van der Waals surface area contributed by atoms with Crippen LogP contribution in [0.4, 0.5) is 15.9 Å². The molecular formula is C25H26FN7O. The normalized spacial score (nSPS) is 24.0. The van der Waals surface area contributed by atoms with E-state index in [-0.39, 0.29) is 17.9 Å². The number of nitrogens with zero attached hydrogens (tertiary/aromatic N) is 5. The van der Waals surface area contributed by atoms with E-state index in [2.05, 4.69) is 20.2 Å². The van der Waals surface area contributed by atoms with Gasteiger partial charge >= 0.3 is 6.01 Å². The summed E-state index contributed by atoms with van der Waals surface area (Å²) in [5, 5.41) is 3.12. The molecule has 1 aromatic carbocycles. The Labute approximate surface area is 196 Å². The maximum absolute atomic E-state index is 14.5. The average Bonchev–Trinajstić information content (AvgIpc) is 3.64. The van der Waals surface area contributed by atoms with Crippen molar-refractivity contribution in [1.82, 2.24) is 19.9 Å². The highest BCUT2D eigenvalue weighted by Crippen LogP contribution is 2.50. The maximum Gasteiger partial charge on any atom is 0.324 e. The predicted molar refractivity (Wildman–Crippen MR) is 125 cm³/mol. The Balaban J connectivity index is 1.26. The third kappa shape index (κ3) is 3.29. The molecule has 2 saturated carbocycles. The summed E-state index contributed by atoms with van der Waals surface area (Å²) in [7, 11) is 1.81. The van der Waals surface area contributed by atoms with Gasteiger partial charge in [-0.1, -0.05) is 0 Å². The van der Waals surface area contributed by atoms with Crippen molar-refractivity contribution >= 4 is 11.5 Å². The molecule has 0 bridgehead atoms. The minimum atomic E-state index is -0.281. The zero-order chi connectivity index (χ0) is 23.0. The zero-order valence-corrected chi connectivity index (χ0v) is 19.0. The number of rotatable bonds is 6. The van der Waals surface area contributed by atoms with Crippen LogP contribution < -0.4 is 20.7 Å². The Kier molecular flexibility index (Phi) is 4.33. The molecule has 3 N–H and O–H groups in total. The van der Waals surface area contributed by atoms with Crippen LogP contribution in [0.2, 0.25) is 0 Å². The second-order valence-corrected chi connectivity index (χ2v) is 9.95. The topological polar surface area (TPSA) is 102 Å². The molecule has 2 aromatic heterocycles. The summed E-state index contributed by atoms with van der Waals surface area (Å²) in [6.45, 7) is 1.69. The number of fused-ring (bicyclic) bond motifs is 4. The molecule has 0 amide bonds. The second-order valence-electron chi connectivity index (χ2n) is 9.95. The molecule has 0 radical (unpaired) electrons. The third-order valence-corrected chi connectivity index (χ3v) is 7.66. The van der Waals surface area contributed by atoms with Gasteiger partial charge in [0.25, 0.3) is 0 Å². The molecule has 3 aromatic rings. The molecule has 4 aliphatic rings. The predicted octanol–water partition coefficient (Wildman–Crippen LogP) is 3.16. The van der Waals surface area contributed by atoms with Gasteiger partial charge in [0.1, 0.15) is 17.5 Å². The highest BCUT2D eigenvalue weighted by molar-refractivity contribution is 5.88. The van der Waals surface area contributed by atoms with Crippen molar-refractivity contribution in [2.24, 2.45) is 23.5 Å². The summed E-state index contributed by atoms with van der Waals surface area (Å²) in [4.78, 5) is 20.7. The van der Waals surface area contributed by atoms with Crippen LogP contribution in [0, 0.1) is 23.6 Å². The zero-order valence-electron chi connectivity index (χ0n) is 19.0. The van der Waals surface area contributed by atoms with E-state index in [9.17, 15) is 4.39 Å². The second kappa shape index (κ2) is 7.33. The number of nitrogens with two attached hydrogens (primary N) is 1. The SMILES string of the molecule is CNc1cc(F)cc2c1Cc1nc(Oc3cnc(CC4CC4)nc3)nc(N3CC4C(N)C4C3)c1-2. The minimum Gasteiger partial charge on any atom is -0.421 e. The summed E-state index contributed by atoms with van der Waals surface area (Å²) in [5.41, 5.74) is 10.6. The van der Waals surface area contributed by atoms with E-state index in [1.807, 2.05) is 0 Å². The van der Waals surface area contributed by atoms with Crippen molar-refractivity contribution < 1.29 is 9.13 Å². The molecule has 34 heavy (non-hydrogen) atoms. The molecular weight excluding hydrogens is 433 g/mol. The summed E-state index contributed by atoms with van der Waals surface area (Å²) in [5.74, 6) is 3.56. The summed E-state index contributed by atoms with van der Waals surface area (Å²) >= 11 is 0. The van der Waals surface area contributed by atoms with Gasteiger partial charge in [-0.2, -0.15) is 9.97 Å². The molecule has 3 aliphatic carbocycles. The molecule has 3 heterocycles. The number of halogens is 1. The molecule has 2 unspecified atom stereocenters. The summed E-state index contributed by atoms with van der Waals surface area (Å²) in [6, 6.07) is 3.65. The van der Waals surface area contributed by atoms with Gasteiger partial charge in [-0.3, -0.25) is 0 Å². The van der Waals surface area contributed by atoms with Gasteiger partial charge in [-0.05, 0) is 53.9 Å². The Morgan fingerprint density at radius 1 is 1.15 bits per heavy atom. The van der Waals surface area contributed by atoms with E-state index >= 15 is 0 Å². The quantitative estimate of drug-likeness (QED) is 0.453. The molecule has 0 spiro atoms. The molecule has 9 heteroatoms. The van der Waals surface area contributed by atoms with E-state index in [4.69, 9.17) is 20.4 Å². The van der Waals surface area contributed by atoms with Crippen molar-refractivity contribution in [3.05, 3.63) is 47.4 Å². The Morgan fingerprint density at radius 2 is 1.91 bits per heavy atom. The third-order valence-electron chi connectivity index (χ3n) is 7.66. The number of piperidine rings is 1. The maximum atomic E-state index is 14.5. The van der Waals surface area contributed by atoms with Gasteiger partial charge in [0.05, 0.1) is 18.1 Å². The van der Waals surface area contributed by atoms with Crippen LogP contribution in [0.25, 0.3) is 11.1 Å². The molecule has 1 aliphatic heterocycles. The van der Waals surface area contributed by atoms with E-state index in [0.29, 0.717) is 24.0 Å². The van der Waals surface area contributed by atoms with Gasteiger partial charge < -0.3 is 20.7 Å². The van der Waals surface area contributed by atoms with Crippen molar-refractivity contribution in [2.45, 2.75) is 31.7 Å². The lowest BCUT2D eigenvalue weighted by Gasteiger charge is -2.23. The monoisotopic (exact) mass is 459 g/mol. The van der Waals surface area contributed by atoms with E-state index in [1.165, 1.54) is 18.9 Å². The first kappa shape index (κ1) is 20.1. The van der Waals surface area contributed by atoms with Crippen molar-refractivity contribution in [3.63, 3.8) is 0 Å². The van der Waals surface area contributed by atoms with Crippen LogP contribution in [-0.4, -0.2) is 46.1 Å². The fraction of sp³-hybridized carbons (Fsp3) is 0.440. The first-order valence-corrected chi connectivity index (χ1v) is 12.0. The fourth-order valence-corrected chi connectivity index (χ4v) is 5.52. The van der Waals surface area contributed by atoms with Gasteiger partial charge in [-0.25, -0.2) is 14.4 Å². The number of aromatic nitrogens is 4. The molecule has 8 nitrogen and oxygen atoms in total. The van der Waals surface area contributed by atoms with Crippen molar-refractivity contribution in [2.75, 3.05) is 30.4 Å². The first-order chi connectivity index (χ1) is 16.6.